The maximum Gasteiger partial charge on any atom is 0.258 e. The van der Waals surface area contributed by atoms with E-state index in [0.717, 1.165) is 6.07 Å². The van der Waals surface area contributed by atoms with E-state index in [1.165, 1.54) is 24.4 Å². The Hall–Kier alpha value is -2.21. The molecule has 0 radical (unpaired) electrons. The van der Waals surface area contributed by atoms with Crippen LogP contribution in [-0.2, 0) is 0 Å². The lowest BCUT2D eigenvalue weighted by molar-refractivity contribution is 0.102. The third-order valence-corrected chi connectivity index (χ3v) is 2.95. The number of pyridine rings is 1. The minimum atomic E-state index is -0.745. The second-order valence-electron chi connectivity index (χ2n) is 4.13. The molecule has 0 spiro atoms. The normalized spacial score (nSPS) is 10.3. The molecule has 0 fully saturated rings. The molecule has 1 heterocycles. The molecule has 7 heteroatoms. The van der Waals surface area contributed by atoms with Gasteiger partial charge < -0.3 is 10.6 Å². The van der Waals surface area contributed by atoms with Gasteiger partial charge in [0.2, 0.25) is 0 Å². The van der Waals surface area contributed by atoms with Crippen LogP contribution in [0.4, 0.5) is 20.3 Å². The van der Waals surface area contributed by atoms with Gasteiger partial charge in [0.1, 0.15) is 5.82 Å². The first-order valence-electron chi connectivity index (χ1n) is 6.17. The number of anilines is 2. The first-order valence-corrected chi connectivity index (χ1v) is 6.55. The summed E-state index contributed by atoms with van der Waals surface area (Å²) in [6, 6.07) is 4.96. The van der Waals surface area contributed by atoms with Gasteiger partial charge in [0.25, 0.3) is 5.91 Å². The van der Waals surface area contributed by atoms with E-state index in [1.807, 2.05) is 0 Å². The van der Waals surface area contributed by atoms with Crippen LogP contribution in [0.2, 0.25) is 5.02 Å². The van der Waals surface area contributed by atoms with Crippen molar-refractivity contribution in [2.75, 3.05) is 17.2 Å². The first kappa shape index (κ1) is 15.2. The molecule has 0 aliphatic rings. The molecule has 0 saturated carbocycles. The Morgan fingerprint density at radius 2 is 2.10 bits per heavy atom. The summed E-state index contributed by atoms with van der Waals surface area (Å²) in [6.07, 6.45) is 1.33. The van der Waals surface area contributed by atoms with Crippen molar-refractivity contribution >= 4 is 29.0 Å². The Bertz CT molecular complexity index is 679. The molecule has 0 aliphatic heterocycles. The number of nitrogens with one attached hydrogen (secondary N) is 2. The summed E-state index contributed by atoms with van der Waals surface area (Å²) >= 11 is 5.62. The zero-order valence-electron chi connectivity index (χ0n) is 11.1. The summed E-state index contributed by atoms with van der Waals surface area (Å²) in [5.74, 6) is -2.01. The first-order chi connectivity index (χ1) is 10.0. The number of aromatic nitrogens is 1. The zero-order chi connectivity index (χ0) is 15.4. The minimum absolute atomic E-state index is 0.00212. The number of carbonyl (C=O) groups is 1. The standard InChI is InChI=1S/C14H12ClF2N3O/c1-2-18-13-12(17)9(5-6-19-13)14(21)20-8-3-4-11(16)10(15)7-8/h3-7H,2H2,1H3,(H,18,19)(H,20,21). The van der Waals surface area contributed by atoms with Gasteiger partial charge in [-0.25, -0.2) is 13.8 Å². The smallest absolute Gasteiger partial charge is 0.258 e. The van der Waals surface area contributed by atoms with Crippen molar-refractivity contribution in [2.45, 2.75) is 6.92 Å². The van der Waals surface area contributed by atoms with Gasteiger partial charge in [-0.2, -0.15) is 0 Å². The summed E-state index contributed by atoms with van der Waals surface area (Å²) in [5, 5.41) is 5.04. The van der Waals surface area contributed by atoms with Gasteiger partial charge in [-0.3, -0.25) is 4.79 Å². The SMILES string of the molecule is CCNc1nccc(C(=O)Nc2ccc(F)c(Cl)c2)c1F. The molecule has 1 aromatic carbocycles. The number of hydrogen-bond donors (Lipinski definition) is 2. The van der Waals surface area contributed by atoms with Crippen LogP contribution in [-0.4, -0.2) is 17.4 Å². The number of amides is 1. The molecule has 110 valence electrons. The largest absolute Gasteiger partial charge is 0.368 e. The zero-order valence-corrected chi connectivity index (χ0v) is 11.8. The molecule has 0 bridgehead atoms. The highest BCUT2D eigenvalue weighted by Crippen LogP contribution is 2.21. The van der Waals surface area contributed by atoms with Crippen molar-refractivity contribution in [1.82, 2.24) is 4.98 Å². The van der Waals surface area contributed by atoms with Crippen molar-refractivity contribution in [3.63, 3.8) is 0 Å². The van der Waals surface area contributed by atoms with E-state index in [-0.39, 0.29) is 22.1 Å². The molecule has 4 nitrogen and oxygen atoms in total. The average Bonchev–Trinajstić information content (AvgIpc) is 2.45. The molecule has 1 aromatic heterocycles. The summed E-state index contributed by atoms with van der Waals surface area (Å²) < 4.78 is 27.1. The lowest BCUT2D eigenvalue weighted by Gasteiger charge is -2.09. The molecule has 0 atom stereocenters. The molecule has 0 unspecified atom stereocenters. The van der Waals surface area contributed by atoms with Crippen LogP contribution in [0.1, 0.15) is 17.3 Å². The van der Waals surface area contributed by atoms with Crippen molar-refractivity contribution in [3.05, 3.63) is 52.7 Å². The van der Waals surface area contributed by atoms with Crippen molar-refractivity contribution < 1.29 is 13.6 Å². The van der Waals surface area contributed by atoms with Crippen molar-refractivity contribution in [1.29, 1.82) is 0 Å². The molecule has 2 rings (SSSR count). The van der Waals surface area contributed by atoms with Crippen LogP contribution in [0, 0.1) is 11.6 Å². The van der Waals surface area contributed by atoms with Gasteiger partial charge >= 0.3 is 0 Å². The predicted octanol–water partition coefficient (Wildman–Crippen LogP) is 3.70. The minimum Gasteiger partial charge on any atom is -0.368 e. The quantitative estimate of drug-likeness (QED) is 0.905. The Morgan fingerprint density at radius 1 is 1.33 bits per heavy atom. The highest BCUT2D eigenvalue weighted by Gasteiger charge is 2.16. The third kappa shape index (κ3) is 3.46. The number of benzene rings is 1. The van der Waals surface area contributed by atoms with Gasteiger partial charge in [0, 0.05) is 18.4 Å². The monoisotopic (exact) mass is 311 g/mol. The molecular weight excluding hydrogens is 300 g/mol. The molecule has 2 N–H and O–H groups in total. The van der Waals surface area contributed by atoms with Crippen LogP contribution in [0.3, 0.4) is 0 Å². The summed E-state index contributed by atoms with van der Waals surface area (Å²) in [4.78, 5) is 15.9. The summed E-state index contributed by atoms with van der Waals surface area (Å²) in [7, 11) is 0. The Kier molecular flexibility index (Phi) is 4.70. The van der Waals surface area contributed by atoms with Crippen molar-refractivity contribution in [2.24, 2.45) is 0 Å². The van der Waals surface area contributed by atoms with E-state index in [4.69, 9.17) is 11.6 Å². The fraction of sp³-hybridized carbons (Fsp3) is 0.143. The summed E-state index contributed by atoms with van der Waals surface area (Å²) in [5.41, 5.74) is 0.106. The Labute approximate surface area is 125 Å². The average molecular weight is 312 g/mol. The van der Waals surface area contributed by atoms with E-state index in [9.17, 15) is 13.6 Å². The number of carbonyl (C=O) groups excluding carboxylic acids is 1. The second-order valence-corrected chi connectivity index (χ2v) is 4.54. The van der Waals surface area contributed by atoms with Gasteiger partial charge in [0.05, 0.1) is 10.6 Å². The Morgan fingerprint density at radius 3 is 2.76 bits per heavy atom. The molecule has 1 amide bonds. The van der Waals surface area contributed by atoms with E-state index in [1.54, 1.807) is 6.92 Å². The molecule has 0 aliphatic carbocycles. The molecule has 0 saturated heterocycles. The summed E-state index contributed by atoms with van der Waals surface area (Å²) in [6.45, 7) is 2.26. The Balaban J connectivity index is 2.24. The number of halogens is 3. The maximum absolute atomic E-state index is 14.1. The lowest BCUT2D eigenvalue weighted by Crippen LogP contribution is -2.15. The van der Waals surface area contributed by atoms with Gasteiger partial charge in [-0.05, 0) is 31.2 Å². The van der Waals surface area contributed by atoms with Gasteiger partial charge in [-0.15, -0.1) is 0 Å². The van der Waals surface area contributed by atoms with Crippen molar-refractivity contribution in [3.8, 4) is 0 Å². The molecular formula is C14H12ClF2N3O. The van der Waals surface area contributed by atoms with Crippen LogP contribution in [0.5, 0.6) is 0 Å². The van der Waals surface area contributed by atoms with E-state index >= 15 is 0 Å². The fourth-order valence-corrected chi connectivity index (χ4v) is 1.86. The van der Waals surface area contributed by atoms with Crippen LogP contribution >= 0.6 is 11.6 Å². The number of nitrogens with zero attached hydrogens (tertiary/aromatic N) is 1. The fourth-order valence-electron chi connectivity index (χ4n) is 1.68. The molecule has 2 aromatic rings. The topological polar surface area (TPSA) is 54.0 Å². The van der Waals surface area contributed by atoms with Gasteiger partial charge in [0.15, 0.2) is 11.6 Å². The highest BCUT2D eigenvalue weighted by molar-refractivity contribution is 6.31. The van der Waals surface area contributed by atoms with E-state index in [2.05, 4.69) is 15.6 Å². The molecule has 21 heavy (non-hydrogen) atoms. The predicted molar refractivity (Wildman–Crippen MR) is 77.7 cm³/mol. The van der Waals surface area contributed by atoms with E-state index in [0.29, 0.717) is 6.54 Å². The second kappa shape index (κ2) is 6.49. The van der Waals surface area contributed by atoms with Crippen LogP contribution in [0.25, 0.3) is 0 Å². The maximum atomic E-state index is 14.1. The van der Waals surface area contributed by atoms with Crippen LogP contribution < -0.4 is 10.6 Å². The lowest BCUT2D eigenvalue weighted by atomic mass is 10.2. The third-order valence-electron chi connectivity index (χ3n) is 2.66. The highest BCUT2D eigenvalue weighted by atomic mass is 35.5. The number of hydrogen-bond acceptors (Lipinski definition) is 3. The van der Waals surface area contributed by atoms with Crippen LogP contribution in [0.15, 0.2) is 30.5 Å². The van der Waals surface area contributed by atoms with E-state index < -0.39 is 17.5 Å². The number of rotatable bonds is 4. The van der Waals surface area contributed by atoms with Gasteiger partial charge in [-0.1, -0.05) is 11.6 Å².